The Morgan fingerprint density at radius 3 is 2.11 bits per heavy atom. The first-order chi connectivity index (χ1) is 21.8. The maximum Gasteiger partial charge on any atom is 0.0971 e. The van der Waals surface area contributed by atoms with Crippen LogP contribution >= 0.6 is 11.3 Å². The lowest BCUT2D eigenvalue weighted by molar-refractivity contribution is 1.31. The number of nitrogens with zero attached hydrogens (tertiary/aromatic N) is 1. The van der Waals surface area contributed by atoms with Gasteiger partial charge >= 0.3 is 0 Å². The van der Waals surface area contributed by atoms with Crippen LogP contribution in [-0.4, -0.2) is 6.54 Å². The number of fused-ring (bicyclic) bond motifs is 8. The third kappa shape index (κ3) is 4.01. The lowest BCUT2D eigenvalue weighted by Crippen LogP contribution is -2.10. The van der Waals surface area contributed by atoms with Crippen molar-refractivity contribution in [1.82, 2.24) is 0 Å². The van der Waals surface area contributed by atoms with Gasteiger partial charge in [0.2, 0.25) is 0 Å². The minimum absolute atomic E-state index is 0.879. The third-order valence-corrected chi connectivity index (χ3v) is 9.98. The van der Waals surface area contributed by atoms with Gasteiger partial charge in [-0.15, -0.1) is 11.3 Å². The zero-order valence-corrected chi connectivity index (χ0v) is 24.8. The van der Waals surface area contributed by atoms with Gasteiger partial charge in [0.1, 0.15) is 0 Å². The first-order valence-electron chi connectivity index (χ1n) is 15.1. The van der Waals surface area contributed by atoms with E-state index in [1.807, 2.05) is 11.3 Å². The molecule has 1 aliphatic rings. The molecule has 1 N–H and O–H groups in total. The molecular weight excluding hydrogens is 553 g/mol. The Hall–Kier alpha value is -5.38. The van der Waals surface area contributed by atoms with Crippen LogP contribution in [0.3, 0.4) is 0 Å². The molecule has 0 radical (unpaired) electrons. The summed E-state index contributed by atoms with van der Waals surface area (Å²) in [7, 11) is 0. The van der Waals surface area contributed by atoms with Gasteiger partial charge < -0.3 is 10.2 Å². The molecule has 44 heavy (non-hydrogen) atoms. The molecule has 7 aromatic carbocycles. The van der Waals surface area contributed by atoms with Crippen LogP contribution in [0.2, 0.25) is 0 Å². The van der Waals surface area contributed by atoms with E-state index < -0.39 is 0 Å². The average molecular weight is 581 g/mol. The second kappa shape index (κ2) is 10.1. The molecule has 0 unspecified atom stereocenters. The second-order valence-electron chi connectivity index (χ2n) is 11.4. The highest BCUT2D eigenvalue weighted by atomic mass is 32.1. The van der Waals surface area contributed by atoms with Crippen molar-refractivity contribution in [2.24, 2.45) is 0 Å². The Bertz CT molecular complexity index is 2380. The van der Waals surface area contributed by atoms with Crippen molar-refractivity contribution < 1.29 is 0 Å². The van der Waals surface area contributed by atoms with Crippen LogP contribution in [0.4, 0.5) is 22.1 Å². The van der Waals surface area contributed by atoms with Gasteiger partial charge in [-0.2, -0.15) is 0 Å². The van der Waals surface area contributed by atoms with Crippen LogP contribution in [0.15, 0.2) is 146 Å². The standard InChI is InChI=1S/C41H28N2S/c1-2-9-27(10-3-1)28-18-20-31(21-19-28)43(32-22-23-39-37(26-32)36-15-8-24-42-41(36)44-39)38-25-30-17-16-29-11-4-5-12-33(29)40(30)35-14-7-6-13-34(35)38/h1-23,25-26,42H,24H2. The molecule has 1 aromatic heterocycles. The molecule has 0 saturated carbocycles. The van der Waals surface area contributed by atoms with Crippen molar-refractivity contribution in [2.75, 3.05) is 16.8 Å². The molecule has 0 spiro atoms. The molecule has 0 saturated heterocycles. The SMILES string of the molecule is C1=Cc2c(sc3ccc(N(c4ccc(-c5ccccc5)cc4)c4cc5ccc6ccccc6c5c5ccccc45)cc23)NC1. The van der Waals surface area contributed by atoms with Crippen molar-refractivity contribution in [3.8, 4) is 11.1 Å². The molecule has 0 bridgehead atoms. The van der Waals surface area contributed by atoms with E-state index in [2.05, 4.69) is 162 Å². The van der Waals surface area contributed by atoms with Crippen LogP contribution in [-0.2, 0) is 0 Å². The number of thiophene rings is 1. The lowest BCUT2D eigenvalue weighted by Gasteiger charge is -2.28. The second-order valence-corrected chi connectivity index (χ2v) is 12.4. The van der Waals surface area contributed by atoms with Gasteiger partial charge in [0, 0.05) is 39.0 Å². The Balaban J connectivity index is 1.32. The van der Waals surface area contributed by atoms with E-state index in [4.69, 9.17) is 0 Å². The zero-order chi connectivity index (χ0) is 29.0. The largest absolute Gasteiger partial charge is 0.373 e. The zero-order valence-electron chi connectivity index (χ0n) is 24.0. The van der Waals surface area contributed by atoms with Crippen LogP contribution in [0.1, 0.15) is 5.56 Å². The summed E-state index contributed by atoms with van der Waals surface area (Å²) < 4.78 is 1.30. The van der Waals surface area contributed by atoms with Crippen LogP contribution in [0, 0.1) is 0 Å². The first-order valence-corrected chi connectivity index (χ1v) is 15.9. The smallest absolute Gasteiger partial charge is 0.0971 e. The normalized spacial score (nSPS) is 12.5. The fourth-order valence-electron chi connectivity index (χ4n) is 6.77. The van der Waals surface area contributed by atoms with Gasteiger partial charge in [-0.1, -0.05) is 115 Å². The molecule has 0 amide bonds. The van der Waals surface area contributed by atoms with Gasteiger partial charge in [-0.05, 0) is 74.5 Å². The molecule has 8 aromatic rings. The molecule has 2 nitrogen and oxygen atoms in total. The van der Waals surface area contributed by atoms with Crippen molar-refractivity contribution >= 4 is 81.9 Å². The highest BCUT2D eigenvalue weighted by Crippen LogP contribution is 2.46. The Morgan fingerprint density at radius 1 is 0.545 bits per heavy atom. The van der Waals surface area contributed by atoms with Crippen molar-refractivity contribution in [3.63, 3.8) is 0 Å². The fraction of sp³-hybridized carbons (Fsp3) is 0.0244. The predicted octanol–water partition coefficient (Wildman–Crippen LogP) is 11.9. The predicted molar refractivity (Wildman–Crippen MR) is 192 cm³/mol. The van der Waals surface area contributed by atoms with E-state index in [1.54, 1.807) is 0 Å². The Labute approximate surface area is 260 Å². The topological polar surface area (TPSA) is 15.3 Å². The summed E-state index contributed by atoms with van der Waals surface area (Å²) in [5, 5.41) is 13.7. The first kappa shape index (κ1) is 25.1. The molecule has 3 heteroatoms. The maximum absolute atomic E-state index is 3.56. The number of benzene rings is 7. The summed E-state index contributed by atoms with van der Waals surface area (Å²) in [5.41, 5.74) is 7.17. The molecule has 2 heterocycles. The van der Waals surface area contributed by atoms with E-state index in [-0.39, 0.29) is 0 Å². The van der Waals surface area contributed by atoms with E-state index in [9.17, 15) is 0 Å². The summed E-state index contributed by atoms with van der Waals surface area (Å²) in [6.45, 7) is 0.879. The van der Waals surface area contributed by atoms with E-state index in [1.165, 1.54) is 69.8 Å². The summed E-state index contributed by atoms with van der Waals surface area (Å²) in [6.07, 6.45) is 4.48. The van der Waals surface area contributed by atoms with Gasteiger partial charge in [-0.3, -0.25) is 0 Å². The molecule has 208 valence electrons. The van der Waals surface area contributed by atoms with E-state index in [0.29, 0.717) is 0 Å². The van der Waals surface area contributed by atoms with Crippen molar-refractivity contribution in [3.05, 3.63) is 151 Å². The highest BCUT2D eigenvalue weighted by Gasteiger charge is 2.20. The van der Waals surface area contributed by atoms with Crippen molar-refractivity contribution in [1.29, 1.82) is 0 Å². The molecular formula is C41H28N2S. The summed E-state index contributed by atoms with van der Waals surface area (Å²) in [6, 6.07) is 51.0. The number of nitrogens with one attached hydrogen (secondary N) is 1. The lowest BCUT2D eigenvalue weighted by atomic mass is 9.94. The molecule has 1 aliphatic heterocycles. The Morgan fingerprint density at radius 2 is 1.25 bits per heavy atom. The summed E-state index contributed by atoms with van der Waals surface area (Å²) in [5.74, 6) is 0. The summed E-state index contributed by atoms with van der Waals surface area (Å²) in [4.78, 5) is 2.44. The number of hydrogen-bond donors (Lipinski definition) is 1. The van der Waals surface area contributed by atoms with Crippen LogP contribution < -0.4 is 10.2 Å². The van der Waals surface area contributed by atoms with E-state index >= 15 is 0 Å². The highest BCUT2D eigenvalue weighted by molar-refractivity contribution is 7.23. The van der Waals surface area contributed by atoms with Crippen LogP contribution in [0.25, 0.3) is 59.6 Å². The average Bonchev–Trinajstić information content (AvgIpc) is 3.47. The van der Waals surface area contributed by atoms with Gasteiger partial charge in [0.15, 0.2) is 0 Å². The van der Waals surface area contributed by atoms with Crippen molar-refractivity contribution in [2.45, 2.75) is 0 Å². The Kier molecular flexibility index (Phi) is 5.78. The van der Waals surface area contributed by atoms with Gasteiger partial charge in [0.05, 0.1) is 10.7 Å². The fourth-order valence-corrected chi connectivity index (χ4v) is 7.85. The number of rotatable bonds is 4. The van der Waals surface area contributed by atoms with E-state index in [0.717, 1.165) is 17.9 Å². The maximum atomic E-state index is 3.56. The monoisotopic (exact) mass is 580 g/mol. The molecule has 0 atom stereocenters. The van der Waals surface area contributed by atoms with Crippen LogP contribution in [0.5, 0.6) is 0 Å². The quantitative estimate of drug-likeness (QED) is 0.208. The minimum Gasteiger partial charge on any atom is -0.373 e. The van der Waals surface area contributed by atoms with Gasteiger partial charge in [0.25, 0.3) is 0 Å². The minimum atomic E-state index is 0.879. The third-order valence-electron chi connectivity index (χ3n) is 8.83. The molecule has 0 aliphatic carbocycles. The molecule has 0 fully saturated rings. The number of hydrogen-bond acceptors (Lipinski definition) is 3. The number of anilines is 4. The molecule has 9 rings (SSSR count). The summed E-state index contributed by atoms with van der Waals surface area (Å²) >= 11 is 1.84. The van der Waals surface area contributed by atoms with Gasteiger partial charge in [-0.25, -0.2) is 0 Å².